The number of benzene rings is 2. The maximum atomic E-state index is 9.42. The SMILES string of the molecule is Nc1n[nH]c2ccc([C@@H]3Nc4ccc5c(cnn5CCO)c4[C@H]4C5CCC(C5)[C@@H]34)cc12. The van der Waals surface area contributed by atoms with E-state index in [4.69, 9.17) is 5.73 Å². The van der Waals surface area contributed by atoms with Crippen LogP contribution in [0.4, 0.5) is 11.5 Å². The maximum Gasteiger partial charge on any atom is 0.153 e. The predicted molar refractivity (Wildman–Crippen MR) is 121 cm³/mol. The van der Waals surface area contributed by atoms with Gasteiger partial charge in [-0.1, -0.05) is 6.07 Å². The van der Waals surface area contributed by atoms with E-state index in [2.05, 4.69) is 50.9 Å². The number of aliphatic hydroxyl groups excluding tert-OH is 1. The third-order valence-electron chi connectivity index (χ3n) is 8.17. The number of rotatable bonds is 3. The molecule has 0 radical (unpaired) electrons. The number of hydrogen-bond donors (Lipinski definition) is 4. The minimum Gasteiger partial charge on any atom is -0.394 e. The summed E-state index contributed by atoms with van der Waals surface area (Å²) in [5.41, 5.74) is 12.2. The minimum atomic E-state index is 0.102. The Morgan fingerprint density at radius 1 is 1.13 bits per heavy atom. The summed E-state index contributed by atoms with van der Waals surface area (Å²) in [6, 6.07) is 11.2. The first-order chi connectivity index (χ1) is 15.2. The van der Waals surface area contributed by atoms with Gasteiger partial charge >= 0.3 is 0 Å². The molecule has 5 N–H and O–H groups in total. The highest BCUT2D eigenvalue weighted by Gasteiger charge is 2.54. The molecular weight excluding hydrogens is 388 g/mol. The van der Waals surface area contributed by atoms with E-state index in [1.165, 1.54) is 41.5 Å². The van der Waals surface area contributed by atoms with Crippen LogP contribution in [0.25, 0.3) is 21.8 Å². The zero-order chi connectivity index (χ0) is 20.7. The molecule has 1 aliphatic heterocycles. The summed E-state index contributed by atoms with van der Waals surface area (Å²) >= 11 is 0. The lowest BCUT2D eigenvalue weighted by Gasteiger charge is -2.43. The summed E-state index contributed by atoms with van der Waals surface area (Å²) in [4.78, 5) is 0. The Kier molecular flexibility index (Phi) is 3.54. The molecule has 3 heterocycles. The van der Waals surface area contributed by atoms with E-state index >= 15 is 0 Å². The lowest BCUT2D eigenvalue weighted by molar-refractivity contribution is 0.249. The van der Waals surface area contributed by atoms with Crippen LogP contribution in [0.2, 0.25) is 0 Å². The number of aromatic amines is 1. The fourth-order valence-corrected chi connectivity index (χ4v) is 6.99. The maximum absolute atomic E-state index is 9.42. The Labute approximate surface area is 179 Å². The number of nitrogens with two attached hydrogens (primary N) is 1. The molecular formula is C24H26N6O. The van der Waals surface area contributed by atoms with Gasteiger partial charge in [0.05, 0.1) is 36.4 Å². The van der Waals surface area contributed by atoms with E-state index in [0.717, 1.165) is 28.3 Å². The molecule has 5 atom stereocenters. The highest BCUT2D eigenvalue weighted by atomic mass is 16.3. The van der Waals surface area contributed by atoms with Crippen molar-refractivity contribution in [3.63, 3.8) is 0 Å². The first-order valence-corrected chi connectivity index (χ1v) is 11.3. The van der Waals surface area contributed by atoms with Crippen LogP contribution in [0.3, 0.4) is 0 Å². The van der Waals surface area contributed by atoms with E-state index in [0.29, 0.717) is 24.2 Å². The molecule has 2 fully saturated rings. The van der Waals surface area contributed by atoms with Gasteiger partial charge in [-0.25, -0.2) is 0 Å². The lowest BCUT2D eigenvalue weighted by Crippen LogP contribution is -2.35. The Morgan fingerprint density at radius 2 is 2.03 bits per heavy atom. The van der Waals surface area contributed by atoms with Gasteiger partial charge in [-0.05, 0) is 78.3 Å². The van der Waals surface area contributed by atoms with Crippen molar-refractivity contribution < 1.29 is 5.11 Å². The van der Waals surface area contributed by atoms with E-state index in [1.807, 2.05) is 10.9 Å². The molecule has 2 aromatic heterocycles. The molecule has 3 aliphatic rings. The fourth-order valence-electron chi connectivity index (χ4n) is 6.99. The second-order valence-electron chi connectivity index (χ2n) is 9.52. The average molecular weight is 415 g/mol. The van der Waals surface area contributed by atoms with Crippen molar-refractivity contribution in [2.24, 2.45) is 17.8 Å². The van der Waals surface area contributed by atoms with Gasteiger partial charge in [0, 0.05) is 16.5 Å². The van der Waals surface area contributed by atoms with Crippen LogP contribution in [-0.2, 0) is 6.54 Å². The van der Waals surface area contributed by atoms with Crippen molar-refractivity contribution in [1.82, 2.24) is 20.0 Å². The number of H-pyrrole nitrogens is 1. The molecule has 0 spiro atoms. The molecule has 158 valence electrons. The standard InChI is InChI=1S/C24H26N6O/c25-24-15-10-14(3-4-17(15)28-29-24)23-21-13-2-1-12(9-13)20(21)22-16-11-26-30(7-8-31)19(16)6-5-18(22)27-23/h3-6,10-13,20-21,23,27,31H,1-2,7-9H2,(H3,25,28,29)/t12?,13?,20-,21+,23-/m0/s1. The Bertz CT molecular complexity index is 1320. The van der Waals surface area contributed by atoms with Crippen LogP contribution in [-0.4, -0.2) is 31.7 Å². The second kappa shape index (κ2) is 6.23. The van der Waals surface area contributed by atoms with Gasteiger partial charge in [-0.3, -0.25) is 9.78 Å². The molecule has 31 heavy (non-hydrogen) atoms. The number of nitrogens with zero attached hydrogens (tertiary/aromatic N) is 3. The van der Waals surface area contributed by atoms with Crippen molar-refractivity contribution in [2.45, 2.75) is 37.8 Å². The molecule has 2 aliphatic carbocycles. The molecule has 2 saturated carbocycles. The van der Waals surface area contributed by atoms with Crippen molar-refractivity contribution in [3.8, 4) is 0 Å². The molecule has 7 rings (SSSR count). The van der Waals surface area contributed by atoms with Crippen LogP contribution in [0.5, 0.6) is 0 Å². The molecule has 2 aromatic carbocycles. The van der Waals surface area contributed by atoms with Crippen LogP contribution in [0, 0.1) is 17.8 Å². The molecule has 2 unspecified atom stereocenters. The van der Waals surface area contributed by atoms with Gasteiger partial charge in [0.2, 0.25) is 0 Å². The number of nitrogens with one attached hydrogen (secondary N) is 2. The largest absolute Gasteiger partial charge is 0.394 e. The summed E-state index contributed by atoms with van der Waals surface area (Å²) < 4.78 is 1.93. The number of hydrogen-bond acceptors (Lipinski definition) is 5. The monoisotopic (exact) mass is 414 g/mol. The van der Waals surface area contributed by atoms with Crippen molar-refractivity contribution in [3.05, 3.63) is 47.7 Å². The van der Waals surface area contributed by atoms with E-state index < -0.39 is 0 Å². The summed E-state index contributed by atoms with van der Waals surface area (Å²) in [5.74, 6) is 3.18. The Hall–Kier alpha value is -3.06. The van der Waals surface area contributed by atoms with Crippen LogP contribution >= 0.6 is 0 Å². The molecule has 0 amide bonds. The third kappa shape index (κ3) is 2.32. The zero-order valence-electron chi connectivity index (χ0n) is 17.3. The smallest absolute Gasteiger partial charge is 0.153 e. The van der Waals surface area contributed by atoms with Gasteiger partial charge < -0.3 is 16.2 Å². The van der Waals surface area contributed by atoms with Crippen molar-refractivity contribution in [2.75, 3.05) is 17.7 Å². The average Bonchev–Trinajstić information content (AvgIpc) is 3.57. The summed E-state index contributed by atoms with van der Waals surface area (Å²) in [5, 5.41) is 27.4. The van der Waals surface area contributed by atoms with Crippen molar-refractivity contribution in [1.29, 1.82) is 0 Å². The summed E-state index contributed by atoms with van der Waals surface area (Å²) in [6.45, 7) is 0.634. The number of nitrogen functional groups attached to an aromatic ring is 1. The molecule has 7 nitrogen and oxygen atoms in total. The second-order valence-corrected chi connectivity index (χ2v) is 9.52. The minimum absolute atomic E-state index is 0.102. The van der Waals surface area contributed by atoms with E-state index in [-0.39, 0.29) is 12.6 Å². The summed E-state index contributed by atoms with van der Waals surface area (Å²) in [7, 11) is 0. The van der Waals surface area contributed by atoms with Gasteiger partial charge in [0.25, 0.3) is 0 Å². The quantitative estimate of drug-likeness (QED) is 0.408. The topological polar surface area (TPSA) is 105 Å². The number of aliphatic hydroxyl groups is 1. The van der Waals surface area contributed by atoms with Gasteiger partial charge in [0.15, 0.2) is 5.82 Å². The first-order valence-electron chi connectivity index (χ1n) is 11.3. The molecule has 4 aromatic rings. The number of fused-ring (bicyclic) bond motifs is 10. The Morgan fingerprint density at radius 3 is 2.94 bits per heavy atom. The number of anilines is 2. The van der Waals surface area contributed by atoms with Crippen LogP contribution in [0.1, 0.15) is 42.3 Å². The molecule has 7 heteroatoms. The van der Waals surface area contributed by atoms with Crippen LogP contribution in [0.15, 0.2) is 36.5 Å². The normalized spacial score (nSPS) is 28.7. The van der Waals surface area contributed by atoms with Gasteiger partial charge in [0.1, 0.15) is 0 Å². The highest BCUT2D eigenvalue weighted by Crippen LogP contribution is 2.64. The summed E-state index contributed by atoms with van der Waals surface area (Å²) in [6.07, 6.45) is 5.99. The first kappa shape index (κ1) is 17.6. The third-order valence-corrected chi connectivity index (χ3v) is 8.17. The van der Waals surface area contributed by atoms with E-state index in [1.54, 1.807) is 0 Å². The number of aromatic nitrogens is 4. The molecule has 0 saturated heterocycles. The fraction of sp³-hybridized carbons (Fsp3) is 0.417. The van der Waals surface area contributed by atoms with Crippen LogP contribution < -0.4 is 11.1 Å². The van der Waals surface area contributed by atoms with E-state index in [9.17, 15) is 5.11 Å². The van der Waals surface area contributed by atoms with Crippen molar-refractivity contribution >= 4 is 33.3 Å². The predicted octanol–water partition coefficient (Wildman–Crippen LogP) is 3.78. The highest BCUT2D eigenvalue weighted by molar-refractivity contribution is 5.91. The molecule has 2 bridgehead atoms. The Balaban J connectivity index is 1.40. The zero-order valence-corrected chi connectivity index (χ0v) is 17.3. The van der Waals surface area contributed by atoms with Gasteiger partial charge in [-0.2, -0.15) is 10.2 Å². The van der Waals surface area contributed by atoms with Gasteiger partial charge in [-0.15, -0.1) is 0 Å². The lowest BCUT2D eigenvalue weighted by atomic mass is 9.67.